The van der Waals surface area contributed by atoms with Crippen LogP contribution in [0.15, 0.2) is 40.0 Å². The van der Waals surface area contributed by atoms with Gasteiger partial charge in [0.05, 0.1) is 6.04 Å². The largest absolute Gasteiger partial charge is 0.350 e. The summed E-state index contributed by atoms with van der Waals surface area (Å²) < 4.78 is 0. The van der Waals surface area contributed by atoms with E-state index in [1.54, 1.807) is 17.4 Å². The lowest BCUT2D eigenvalue weighted by Gasteiger charge is -2.23. The van der Waals surface area contributed by atoms with E-state index in [0.29, 0.717) is 6.54 Å². The molecule has 0 spiro atoms. The summed E-state index contributed by atoms with van der Waals surface area (Å²) in [5, 5.41) is 6.88. The molecule has 6 heteroatoms. The highest BCUT2D eigenvalue weighted by Gasteiger charge is 2.17. The standard InChI is InChI=1S/C14H17N3O2S/c1-17(2)12(10-5-7-20-9-10)8-16-14(19)11-4-3-6-15-13(11)18/h3-7,9,12H,8H2,1-2H3,(H,15,18)(H,16,19). The molecule has 1 amide bonds. The number of H-pyrrole nitrogens is 1. The Labute approximate surface area is 121 Å². The number of aromatic nitrogens is 1. The van der Waals surface area contributed by atoms with Crippen molar-refractivity contribution in [2.24, 2.45) is 0 Å². The number of aromatic amines is 1. The minimum absolute atomic E-state index is 0.0907. The molecule has 0 radical (unpaired) electrons. The zero-order chi connectivity index (χ0) is 14.5. The quantitative estimate of drug-likeness (QED) is 0.877. The molecule has 5 nitrogen and oxygen atoms in total. The number of thiophene rings is 1. The molecule has 106 valence electrons. The third kappa shape index (κ3) is 3.34. The third-order valence-corrected chi connectivity index (χ3v) is 3.77. The highest BCUT2D eigenvalue weighted by molar-refractivity contribution is 7.07. The van der Waals surface area contributed by atoms with Crippen LogP contribution in [0.1, 0.15) is 22.0 Å². The fourth-order valence-electron chi connectivity index (χ4n) is 1.95. The lowest BCUT2D eigenvalue weighted by atomic mass is 10.1. The Morgan fingerprint density at radius 2 is 2.25 bits per heavy atom. The second-order valence-electron chi connectivity index (χ2n) is 4.66. The van der Waals surface area contributed by atoms with Crippen LogP contribution in [-0.4, -0.2) is 36.4 Å². The molecule has 1 atom stereocenters. The van der Waals surface area contributed by atoms with Crippen LogP contribution in [-0.2, 0) is 0 Å². The van der Waals surface area contributed by atoms with Crippen LogP contribution >= 0.6 is 11.3 Å². The molecule has 0 aromatic carbocycles. The molecule has 2 aromatic heterocycles. The summed E-state index contributed by atoms with van der Waals surface area (Å²) in [4.78, 5) is 28.1. The molecule has 0 aliphatic carbocycles. The molecule has 2 aromatic rings. The third-order valence-electron chi connectivity index (χ3n) is 3.07. The first-order chi connectivity index (χ1) is 9.59. The number of amides is 1. The molecule has 2 heterocycles. The van der Waals surface area contributed by atoms with Gasteiger partial charge in [-0.1, -0.05) is 0 Å². The maximum absolute atomic E-state index is 12.0. The predicted molar refractivity (Wildman–Crippen MR) is 80.1 cm³/mol. The maximum Gasteiger partial charge on any atom is 0.260 e. The average Bonchev–Trinajstić information content (AvgIpc) is 2.92. The van der Waals surface area contributed by atoms with Crippen LogP contribution in [0.2, 0.25) is 0 Å². The van der Waals surface area contributed by atoms with Crippen LogP contribution in [0.5, 0.6) is 0 Å². The number of nitrogens with zero attached hydrogens (tertiary/aromatic N) is 1. The second kappa shape index (κ2) is 6.49. The van der Waals surface area contributed by atoms with E-state index in [0.717, 1.165) is 5.56 Å². The van der Waals surface area contributed by atoms with Gasteiger partial charge in [0.25, 0.3) is 11.5 Å². The van der Waals surface area contributed by atoms with Gasteiger partial charge in [0.2, 0.25) is 0 Å². The summed E-state index contributed by atoms with van der Waals surface area (Å²) in [5.41, 5.74) is 0.916. The van der Waals surface area contributed by atoms with E-state index in [4.69, 9.17) is 0 Å². The molecule has 1 unspecified atom stereocenters. The van der Waals surface area contributed by atoms with Gasteiger partial charge in [0.1, 0.15) is 5.56 Å². The Morgan fingerprint density at radius 1 is 1.45 bits per heavy atom. The molecule has 20 heavy (non-hydrogen) atoms. The first-order valence-corrected chi connectivity index (χ1v) is 7.18. The van der Waals surface area contributed by atoms with Crippen LogP contribution in [0, 0.1) is 0 Å². The fraction of sp³-hybridized carbons (Fsp3) is 0.286. The van der Waals surface area contributed by atoms with Gasteiger partial charge in [-0.3, -0.25) is 9.59 Å². The van der Waals surface area contributed by atoms with E-state index < -0.39 is 0 Å². The topological polar surface area (TPSA) is 65.2 Å². The van der Waals surface area contributed by atoms with Crippen molar-refractivity contribution in [2.45, 2.75) is 6.04 Å². The van der Waals surface area contributed by atoms with Crippen molar-refractivity contribution in [3.63, 3.8) is 0 Å². The van der Waals surface area contributed by atoms with Gasteiger partial charge in [-0.25, -0.2) is 0 Å². The zero-order valence-corrected chi connectivity index (χ0v) is 12.2. The normalized spacial score (nSPS) is 12.3. The summed E-state index contributed by atoms with van der Waals surface area (Å²) in [6.45, 7) is 0.455. The molecular formula is C14H17N3O2S. The summed E-state index contributed by atoms with van der Waals surface area (Å²) in [7, 11) is 3.92. The molecular weight excluding hydrogens is 274 g/mol. The Bertz CT molecular complexity index is 619. The number of carbonyl (C=O) groups is 1. The molecule has 0 saturated heterocycles. The molecule has 2 N–H and O–H groups in total. The van der Waals surface area contributed by atoms with Crippen LogP contribution < -0.4 is 10.9 Å². The van der Waals surface area contributed by atoms with Crippen LogP contribution in [0.25, 0.3) is 0 Å². The van der Waals surface area contributed by atoms with Gasteiger partial charge < -0.3 is 15.2 Å². The maximum atomic E-state index is 12.0. The number of carbonyl (C=O) groups excluding carboxylic acids is 1. The van der Waals surface area contributed by atoms with E-state index in [1.165, 1.54) is 12.3 Å². The van der Waals surface area contributed by atoms with E-state index in [1.807, 2.05) is 30.4 Å². The smallest absolute Gasteiger partial charge is 0.260 e. The number of hydrogen-bond donors (Lipinski definition) is 2. The summed E-state index contributed by atoms with van der Waals surface area (Å²) in [6, 6.07) is 5.28. The van der Waals surface area contributed by atoms with Crippen LogP contribution in [0.3, 0.4) is 0 Å². The summed E-state index contributed by atoms with van der Waals surface area (Å²) in [6.07, 6.45) is 1.51. The van der Waals surface area contributed by atoms with Gasteiger partial charge >= 0.3 is 0 Å². The monoisotopic (exact) mass is 291 g/mol. The molecule has 2 rings (SSSR count). The Hall–Kier alpha value is -1.92. The first-order valence-electron chi connectivity index (χ1n) is 6.24. The highest BCUT2D eigenvalue weighted by Crippen LogP contribution is 2.19. The van der Waals surface area contributed by atoms with Gasteiger partial charge in [-0.05, 0) is 48.6 Å². The van der Waals surface area contributed by atoms with E-state index in [2.05, 4.69) is 15.7 Å². The molecule has 0 aliphatic rings. The van der Waals surface area contributed by atoms with Gasteiger partial charge in [0, 0.05) is 12.7 Å². The molecule has 0 fully saturated rings. The molecule has 0 saturated carbocycles. The summed E-state index contributed by atoms with van der Waals surface area (Å²) in [5.74, 6) is -0.353. The van der Waals surface area contributed by atoms with Gasteiger partial charge in [0.15, 0.2) is 0 Å². The van der Waals surface area contributed by atoms with Crippen molar-refractivity contribution in [1.82, 2.24) is 15.2 Å². The second-order valence-corrected chi connectivity index (χ2v) is 5.44. The zero-order valence-electron chi connectivity index (χ0n) is 11.4. The number of rotatable bonds is 5. The van der Waals surface area contributed by atoms with E-state index >= 15 is 0 Å². The lowest BCUT2D eigenvalue weighted by Crippen LogP contribution is -2.36. The first kappa shape index (κ1) is 14.5. The van der Waals surface area contributed by atoms with Crippen molar-refractivity contribution in [2.75, 3.05) is 20.6 Å². The minimum atomic E-state index is -0.373. The van der Waals surface area contributed by atoms with Crippen molar-refractivity contribution in [1.29, 1.82) is 0 Å². The highest BCUT2D eigenvalue weighted by atomic mass is 32.1. The van der Waals surface area contributed by atoms with Crippen LogP contribution in [0.4, 0.5) is 0 Å². The van der Waals surface area contributed by atoms with Crippen molar-refractivity contribution >= 4 is 17.2 Å². The number of likely N-dealkylation sites (N-methyl/N-ethyl adjacent to an activating group) is 1. The lowest BCUT2D eigenvalue weighted by molar-refractivity contribution is 0.0940. The fourth-order valence-corrected chi connectivity index (χ4v) is 2.66. The Morgan fingerprint density at radius 3 is 2.85 bits per heavy atom. The average molecular weight is 291 g/mol. The van der Waals surface area contributed by atoms with Gasteiger partial charge in [-0.2, -0.15) is 11.3 Å². The number of nitrogens with one attached hydrogen (secondary N) is 2. The SMILES string of the molecule is CN(C)C(CNC(=O)c1ccc[nH]c1=O)c1ccsc1. The van der Waals surface area contributed by atoms with Crippen molar-refractivity contribution < 1.29 is 4.79 Å². The number of hydrogen-bond acceptors (Lipinski definition) is 4. The van der Waals surface area contributed by atoms with Crippen molar-refractivity contribution in [3.05, 3.63) is 56.6 Å². The minimum Gasteiger partial charge on any atom is -0.350 e. The van der Waals surface area contributed by atoms with Gasteiger partial charge in [-0.15, -0.1) is 0 Å². The molecule has 0 aliphatic heterocycles. The predicted octanol–water partition coefficient (Wildman–Crippen LogP) is 1.47. The Kier molecular flexibility index (Phi) is 4.70. The summed E-state index contributed by atoms with van der Waals surface area (Å²) >= 11 is 1.62. The van der Waals surface area contributed by atoms with Crippen molar-refractivity contribution in [3.8, 4) is 0 Å². The Balaban J connectivity index is 2.05. The molecule has 0 bridgehead atoms. The number of pyridine rings is 1. The van der Waals surface area contributed by atoms with E-state index in [-0.39, 0.29) is 23.1 Å². The van der Waals surface area contributed by atoms with E-state index in [9.17, 15) is 9.59 Å².